The number of aryl methyl sites for hydroxylation is 1. The Kier molecular flexibility index (Phi) is 7.54. The minimum Gasteiger partial charge on any atom is -0.497 e. The summed E-state index contributed by atoms with van der Waals surface area (Å²) < 4.78 is 50.2. The van der Waals surface area contributed by atoms with Gasteiger partial charge in [-0.2, -0.15) is 0 Å². The Morgan fingerprint density at radius 1 is 1.00 bits per heavy atom. The highest BCUT2D eigenvalue weighted by Gasteiger charge is 2.37. The zero-order valence-corrected chi connectivity index (χ0v) is 21.1. The fourth-order valence-electron chi connectivity index (χ4n) is 3.75. The van der Waals surface area contributed by atoms with Crippen LogP contribution in [0.2, 0.25) is 0 Å². The Hall–Kier alpha value is -3.92. The van der Waals surface area contributed by atoms with E-state index in [4.69, 9.17) is 18.9 Å². The van der Waals surface area contributed by atoms with Crippen molar-refractivity contribution >= 4 is 21.6 Å². The Morgan fingerprint density at radius 2 is 1.72 bits per heavy atom. The van der Waals surface area contributed by atoms with Crippen LogP contribution in [-0.2, 0) is 14.8 Å². The number of nitrogens with zero attached hydrogens (tertiary/aromatic N) is 1. The molecule has 1 N–H and O–H groups in total. The summed E-state index contributed by atoms with van der Waals surface area (Å²) in [6.07, 6.45) is -1.04. The number of methoxy groups -OCH3 is 2. The first kappa shape index (κ1) is 25.2. The molecule has 0 bridgehead atoms. The Labute approximate surface area is 210 Å². The molecule has 1 heterocycles. The highest BCUT2D eigenvalue weighted by molar-refractivity contribution is 7.92. The average molecular weight is 513 g/mol. The first-order chi connectivity index (χ1) is 17.3. The summed E-state index contributed by atoms with van der Waals surface area (Å²) in [5.41, 5.74) is 1.25. The summed E-state index contributed by atoms with van der Waals surface area (Å²) in [7, 11) is -0.890. The second-order valence-corrected chi connectivity index (χ2v) is 9.97. The molecule has 0 fully saturated rings. The number of sulfonamides is 1. The highest BCUT2D eigenvalue weighted by atomic mass is 32.2. The summed E-state index contributed by atoms with van der Waals surface area (Å²) in [5, 5.41) is 2.76. The minimum atomic E-state index is -3.97. The predicted octanol–water partition coefficient (Wildman–Crippen LogP) is 3.16. The minimum absolute atomic E-state index is 0.0866. The summed E-state index contributed by atoms with van der Waals surface area (Å²) in [5.74, 6) is 1.69. The van der Waals surface area contributed by atoms with Gasteiger partial charge in [0.1, 0.15) is 29.6 Å². The lowest BCUT2D eigenvalue weighted by Gasteiger charge is -2.35. The van der Waals surface area contributed by atoms with Crippen molar-refractivity contribution in [2.45, 2.75) is 17.9 Å². The second kappa shape index (κ2) is 10.8. The summed E-state index contributed by atoms with van der Waals surface area (Å²) in [6, 6.07) is 18.5. The van der Waals surface area contributed by atoms with Crippen LogP contribution < -0.4 is 28.6 Å². The van der Waals surface area contributed by atoms with Gasteiger partial charge in [0.25, 0.3) is 15.9 Å². The fourth-order valence-corrected chi connectivity index (χ4v) is 5.22. The Morgan fingerprint density at radius 3 is 2.44 bits per heavy atom. The van der Waals surface area contributed by atoms with E-state index in [-0.39, 0.29) is 24.6 Å². The summed E-state index contributed by atoms with van der Waals surface area (Å²) in [4.78, 5) is 13.0. The van der Waals surface area contributed by atoms with Crippen LogP contribution in [-0.4, -0.2) is 54.3 Å². The lowest BCUT2D eigenvalue weighted by Crippen LogP contribution is -2.51. The van der Waals surface area contributed by atoms with Crippen molar-refractivity contribution < 1.29 is 32.2 Å². The first-order valence-corrected chi connectivity index (χ1v) is 12.7. The molecule has 1 aliphatic rings. The van der Waals surface area contributed by atoms with Crippen molar-refractivity contribution in [1.29, 1.82) is 0 Å². The predicted molar refractivity (Wildman–Crippen MR) is 135 cm³/mol. The van der Waals surface area contributed by atoms with E-state index in [1.807, 2.05) is 6.92 Å². The van der Waals surface area contributed by atoms with Crippen molar-refractivity contribution in [2.24, 2.45) is 0 Å². The highest BCUT2D eigenvalue weighted by Crippen LogP contribution is 2.38. The van der Waals surface area contributed by atoms with E-state index in [0.29, 0.717) is 28.7 Å². The topological polar surface area (TPSA) is 103 Å². The molecule has 0 aromatic heterocycles. The molecule has 0 aliphatic carbocycles. The van der Waals surface area contributed by atoms with E-state index in [9.17, 15) is 13.2 Å². The van der Waals surface area contributed by atoms with Crippen molar-refractivity contribution in [1.82, 2.24) is 5.32 Å². The van der Waals surface area contributed by atoms with E-state index in [1.165, 1.54) is 23.5 Å². The van der Waals surface area contributed by atoms with Crippen LogP contribution in [0, 0.1) is 6.92 Å². The third-order valence-corrected chi connectivity index (χ3v) is 7.43. The molecule has 0 unspecified atom stereocenters. The molecule has 10 heteroatoms. The second-order valence-electron chi connectivity index (χ2n) is 8.11. The van der Waals surface area contributed by atoms with Crippen LogP contribution in [0.4, 0.5) is 5.69 Å². The molecule has 1 aliphatic heterocycles. The van der Waals surface area contributed by atoms with E-state index < -0.39 is 22.0 Å². The number of rotatable bonds is 9. The lowest BCUT2D eigenvalue weighted by atomic mass is 10.1. The third kappa shape index (κ3) is 5.49. The molecule has 4 rings (SSSR count). The van der Waals surface area contributed by atoms with E-state index in [0.717, 1.165) is 5.56 Å². The van der Waals surface area contributed by atoms with Crippen molar-refractivity contribution in [3.05, 3.63) is 72.3 Å². The smallest absolute Gasteiger partial charge is 0.264 e. The monoisotopic (exact) mass is 512 g/mol. The van der Waals surface area contributed by atoms with Crippen LogP contribution >= 0.6 is 0 Å². The fraction of sp³-hybridized carbons (Fsp3) is 0.269. The standard InChI is InChI=1S/C26H28N2O7S/c1-18-7-12-24-23(15-18)28(36(30,31)22-10-8-19(32-2)9-11-22)17-25(35-24)26(29)27-13-14-34-21-6-4-5-20(16-21)33-3/h4-12,15-16,25H,13-14,17H2,1-3H3,(H,27,29)/t25-/m0/s1. The molecule has 0 saturated carbocycles. The van der Waals surface area contributed by atoms with Gasteiger partial charge in [0, 0.05) is 6.07 Å². The SMILES string of the molecule is COc1ccc(S(=O)(=O)N2C[C@@H](C(=O)NCCOc3cccc(OC)c3)Oc3ccc(C)cc32)cc1. The number of carbonyl (C=O) groups excluding carboxylic acids is 1. The molecule has 0 spiro atoms. The van der Waals surface area contributed by atoms with Gasteiger partial charge in [-0.1, -0.05) is 12.1 Å². The number of carbonyl (C=O) groups is 1. The van der Waals surface area contributed by atoms with Crippen LogP contribution in [0.1, 0.15) is 5.56 Å². The van der Waals surface area contributed by atoms with Crippen molar-refractivity contribution in [3.63, 3.8) is 0 Å². The molecule has 36 heavy (non-hydrogen) atoms. The lowest BCUT2D eigenvalue weighted by molar-refractivity contribution is -0.127. The maximum absolute atomic E-state index is 13.6. The van der Waals surface area contributed by atoms with Crippen LogP contribution in [0.15, 0.2) is 71.6 Å². The average Bonchev–Trinajstić information content (AvgIpc) is 2.90. The van der Waals surface area contributed by atoms with Gasteiger partial charge < -0.3 is 24.3 Å². The van der Waals surface area contributed by atoms with Gasteiger partial charge in [-0.15, -0.1) is 0 Å². The van der Waals surface area contributed by atoms with Crippen molar-refractivity contribution in [2.75, 3.05) is 38.2 Å². The van der Waals surface area contributed by atoms with Gasteiger partial charge in [0.15, 0.2) is 6.10 Å². The van der Waals surface area contributed by atoms with Gasteiger partial charge in [-0.3, -0.25) is 9.10 Å². The normalized spacial score (nSPS) is 14.9. The Bertz CT molecular complexity index is 1330. The van der Waals surface area contributed by atoms with E-state index in [2.05, 4.69) is 5.32 Å². The van der Waals surface area contributed by atoms with E-state index in [1.54, 1.807) is 61.7 Å². The van der Waals surface area contributed by atoms with Gasteiger partial charge in [-0.05, 0) is 61.0 Å². The quantitative estimate of drug-likeness (QED) is 0.439. The number of fused-ring (bicyclic) bond motifs is 1. The van der Waals surface area contributed by atoms with Gasteiger partial charge in [0.05, 0.1) is 37.9 Å². The number of hydrogen-bond donors (Lipinski definition) is 1. The molecule has 3 aromatic rings. The molecule has 3 aromatic carbocycles. The number of hydrogen-bond acceptors (Lipinski definition) is 7. The van der Waals surface area contributed by atoms with Crippen molar-refractivity contribution in [3.8, 4) is 23.0 Å². The zero-order chi connectivity index (χ0) is 25.7. The zero-order valence-electron chi connectivity index (χ0n) is 20.3. The number of benzene rings is 3. The molecule has 9 nitrogen and oxygen atoms in total. The third-order valence-electron chi connectivity index (χ3n) is 5.64. The summed E-state index contributed by atoms with van der Waals surface area (Å²) >= 11 is 0. The molecule has 190 valence electrons. The molecule has 1 amide bonds. The van der Waals surface area contributed by atoms with Gasteiger partial charge in [-0.25, -0.2) is 8.42 Å². The molecule has 1 atom stereocenters. The number of amides is 1. The maximum Gasteiger partial charge on any atom is 0.264 e. The molecular formula is C26H28N2O7S. The molecular weight excluding hydrogens is 484 g/mol. The number of anilines is 1. The van der Waals surface area contributed by atoms with Crippen LogP contribution in [0.3, 0.4) is 0 Å². The van der Waals surface area contributed by atoms with Gasteiger partial charge >= 0.3 is 0 Å². The van der Waals surface area contributed by atoms with Crippen LogP contribution in [0.5, 0.6) is 23.0 Å². The Balaban J connectivity index is 1.48. The maximum atomic E-state index is 13.6. The van der Waals surface area contributed by atoms with Crippen LogP contribution in [0.25, 0.3) is 0 Å². The molecule has 0 saturated heterocycles. The number of ether oxygens (including phenoxy) is 4. The first-order valence-electron chi connectivity index (χ1n) is 11.3. The largest absolute Gasteiger partial charge is 0.497 e. The van der Waals surface area contributed by atoms with E-state index >= 15 is 0 Å². The summed E-state index contributed by atoms with van der Waals surface area (Å²) in [6.45, 7) is 2.12. The molecule has 0 radical (unpaired) electrons. The van der Waals surface area contributed by atoms with Gasteiger partial charge in [0.2, 0.25) is 0 Å². The number of nitrogens with one attached hydrogen (secondary N) is 1.